The first kappa shape index (κ1) is 13.9. The minimum atomic E-state index is 0.165. The van der Waals surface area contributed by atoms with E-state index < -0.39 is 0 Å². The molecule has 0 fully saturated rings. The van der Waals surface area contributed by atoms with E-state index in [1.165, 1.54) is 5.56 Å². The summed E-state index contributed by atoms with van der Waals surface area (Å²) in [6.07, 6.45) is 2.75. The molecule has 1 aromatic heterocycles. The zero-order valence-electron chi connectivity index (χ0n) is 11.2. The number of rotatable bonds is 5. The maximum absolute atomic E-state index is 5.77. The van der Waals surface area contributed by atoms with E-state index in [0.29, 0.717) is 0 Å². The van der Waals surface area contributed by atoms with Gasteiger partial charge in [-0.3, -0.25) is 0 Å². The molecule has 2 rings (SSSR count). The molecule has 4 heteroatoms. The Kier molecular flexibility index (Phi) is 4.82. The van der Waals surface area contributed by atoms with Gasteiger partial charge in [-0.2, -0.15) is 0 Å². The second kappa shape index (κ2) is 6.59. The Morgan fingerprint density at radius 3 is 2.79 bits per heavy atom. The fraction of sp³-hybridized carbons (Fsp3) is 0.267. The molecule has 1 aromatic carbocycles. The molecule has 0 bridgehead atoms. The van der Waals surface area contributed by atoms with Crippen LogP contribution in [0.2, 0.25) is 0 Å². The molecule has 19 heavy (non-hydrogen) atoms. The SMILES string of the molecule is COc1cccc(Sc2ccc(CC(C)N)cn2)c1. The van der Waals surface area contributed by atoms with Gasteiger partial charge in [0.1, 0.15) is 10.8 Å². The van der Waals surface area contributed by atoms with Crippen LogP contribution < -0.4 is 10.5 Å². The highest BCUT2D eigenvalue weighted by Crippen LogP contribution is 2.28. The molecule has 0 aliphatic heterocycles. The van der Waals surface area contributed by atoms with Crippen molar-refractivity contribution < 1.29 is 4.74 Å². The molecular weight excluding hydrogens is 256 g/mol. The highest BCUT2D eigenvalue weighted by atomic mass is 32.2. The van der Waals surface area contributed by atoms with Crippen molar-refractivity contribution in [2.75, 3.05) is 7.11 Å². The second-order valence-electron chi connectivity index (χ2n) is 4.47. The van der Waals surface area contributed by atoms with E-state index in [1.54, 1.807) is 18.9 Å². The van der Waals surface area contributed by atoms with Crippen molar-refractivity contribution in [3.63, 3.8) is 0 Å². The molecule has 2 aromatic rings. The molecule has 1 unspecified atom stereocenters. The van der Waals surface area contributed by atoms with Crippen LogP contribution >= 0.6 is 11.8 Å². The van der Waals surface area contributed by atoms with Gasteiger partial charge in [-0.05, 0) is 43.2 Å². The molecule has 1 atom stereocenters. The number of nitrogens with two attached hydrogens (primary N) is 1. The lowest BCUT2D eigenvalue weighted by Crippen LogP contribution is -2.17. The molecule has 0 aliphatic carbocycles. The van der Waals surface area contributed by atoms with Gasteiger partial charge >= 0.3 is 0 Å². The first-order chi connectivity index (χ1) is 9.17. The van der Waals surface area contributed by atoms with Crippen molar-refractivity contribution in [2.24, 2.45) is 5.73 Å². The van der Waals surface area contributed by atoms with Gasteiger partial charge in [0, 0.05) is 17.1 Å². The summed E-state index contributed by atoms with van der Waals surface area (Å²) in [4.78, 5) is 5.57. The molecule has 0 aliphatic rings. The summed E-state index contributed by atoms with van der Waals surface area (Å²) in [6.45, 7) is 2.00. The first-order valence-corrected chi connectivity index (χ1v) is 7.01. The zero-order valence-corrected chi connectivity index (χ0v) is 12.0. The van der Waals surface area contributed by atoms with Crippen LogP contribution in [0.25, 0.3) is 0 Å². The van der Waals surface area contributed by atoms with Gasteiger partial charge in [0.2, 0.25) is 0 Å². The van der Waals surface area contributed by atoms with Crippen LogP contribution in [0, 0.1) is 0 Å². The van der Waals surface area contributed by atoms with Gasteiger partial charge in [0.05, 0.1) is 7.11 Å². The number of aromatic nitrogens is 1. The molecule has 0 amide bonds. The van der Waals surface area contributed by atoms with Gasteiger partial charge in [0.15, 0.2) is 0 Å². The third-order valence-electron chi connectivity index (χ3n) is 2.62. The van der Waals surface area contributed by atoms with Crippen LogP contribution in [0.3, 0.4) is 0 Å². The smallest absolute Gasteiger partial charge is 0.119 e. The molecule has 100 valence electrons. The van der Waals surface area contributed by atoms with Crippen LogP contribution in [-0.2, 0) is 6.42 Å². The van der Waals surface area contributed by atoms with Gasteiger partial charge in [-0.15, -0.1) is 0 Å². The van der Waals surface area contributed by atoms with Crippen LogP contribution in [0.15, 0.2) is 52.5 Å². The highest BCUT2D eigenvalue weighted by Gasteiger charge is 2.02. The minimum Gasteiger partial charge on any atom is -0.497 e. The summed E-state index contributed by atoms with van der Waals surface area (Å²) in [7, 11) is 1.67. The lowest BCUT2D eigenvalue weighted by molar-refractivity contribution is 0.413. The average molecular weight is 274 g/mol. The fourth-order valence-corrected chi connectivity index (χ4v) is 2.55. The maximum Gasteiger partial charge on any atom is 0.119 e. The van der Waals surface area contributed by atoms with Gasteiger partial charge < -0.3 is 10.5 Å². The predicted octanol–water partition coefficient (Wildman–Crippen LogP) is 3.13. The number of pyridine rings is 1. The monoisotopic (exact) mass is 274 g/mol. The maximum atomic E-state index is 5.77. The zero-order chi connectivity index (χ0) is 13.7. The van der Waals surface area contributed by atoms with E-state index in [2.05, 4.69) is 11.1 Å². The molecule has 1 heterocycles. The summed E-state index contributed by atoms with van der Waals surface area (Å²) in [6, 6.07) is 12.2. The van der Waals surface area contributed by atoms with Gasteiger partial charge in [-0.25, -0.2) is 4.98 Å². The van der Waals surface area contributed by atoms with Crippen molar-refractivity contribution in [1.82, 2.24) is 4.98 Å². The Hall–Kier alpha value is -1.52. The lowest BCUT2D eigenvalue weighted by atomic mass is 10.1. The summed E-state index contributed by atoms with van der Waals surface area (Å²) in [5, 5.41) is 0.974. The van der Waals surface area contributed by atoms with Crippen LogP contribution in [-0.4, -0.2) is 18.1 Å². The number of hydrogen-bond acceptors (Lipinski definition) is 4. The van der Waals surface area contributed by atoms with Crippen LogP contribution in [0.1, 0.15) is 12.5 Å². The number of benzene rings is 1. The Balaban J connectivity index is 2.06. The molecule has 0 spiro atoms. The second-order valence-corrected chi connectivity index (χ2v) is 5.56. The standard InChI is InChI=1S/C15H18N2OS/c1-11(16)8-12-6-7-15(17-10-12)19-14-5-3-4-13(9-14)18-2/h3-7,9-11H,8,16H2,1-2H3. The van der Waals surface area contributed by atoms with Crippen molar-refractivity contribution in [3.8, 4) is 5.75 Å². The van der Waals surface area contributed by atoms with Crippen molar-refractivity contribution >= 4 is 11.8 Å². The highest BCUT2D eigenvalue weighted by molar-refractivity contribution is 7.99. The van der Waals surface area contributed by atoms with E-state index in [4.69, 9.17) is 10.5 Å². The Labute approximate surface area is 118 Å². The minimum absolute atomic E-state index is 0.165. The first-order valence-electron chi connectivity index (χ1n) is 6.20. The molecule has 2 N–H and O–H groups in total. The Morgan fingerprint density at radius 2 is 2.16 bits per heavy atom. The fourth-order valence-electron chi connectivity index (χ4n) is 1.75. The largest absolute Gasteiger partial charge is 0.497 e. The van der Waals surface area contributed by atoms with Crippen molar-refractivity contribution in [2.45, 2.75) is 29.3 Å². The third-order valence-corrected chi connectivity index (χ3v) is 3.56. The normalized spacial score (nSPS) is 12.2. The van der Waals surface area contributed by atoms with Crippen molar-refractivity contribution in [3.05, 3.63) is 48.2 Å². The molecular formula is C15H18N2OS. The average Bonchev–Trinajstić information content (AvgIpc) is 2.41. The number of ether oxygens (including phenoxy) is 1. The van der Waals surface area contributed by atoms with Gasteiger partial charge in [-0.1, -0.05) is 23.9 Å². The summed E-state index contributed by atoms with van der Waals surface area (Å²) in [5.41, 5.74) is 6.94. The van der Waals surface area contributed by atoms with Gasteiger partial charge in [0.25, 0.3) is 0 Å². The van der Waals surface area contributed by atoms with Crippen molar-refractivity contribution in [1.29, 1.82) is 0 Å². The molecule has 3 nitrogen and oxygen atoms in total. The lowest BCUT2D eigenvalue weighted by Gasteiger charge is -2.06. The Morgan fingerprint density at radius 1 is 1.32 bits per heavy atom. The quantitative estimate of drug-likeness (QED) is 0.910. The van der Waals surface area contributed by atoms with E-state index in [1.807, 2.05) is 43.5 Å². The van der Waals surface area contributed by atoms with Crippen LogP contribution in [0.5, 0.6) is 5.75 Å². The third kappa shape index (κ3) is 4.26. The summed E-state index contributed by atoms with van der Waals surface area (Å²) in [5.74, 6) is 0.860. The number of methoxy groups -OCH3 is 1. The van der Waals surface area contributed by atoms with E-state index in [0.717, 1.165) is 22.1 Å². The summed E-state index contributed by atoms with van der Waals surface area (Å²) >= 11 is 1.62. The molecule has 0 saturated heterocycles. The number of hydrogen-bond donors (Lipinski definition) is 1. The Bertz CT molecular complexity index is 526. The predicted molar refractivity (Wildman–Crippen MR) is 78.7 cm³/mol. The topological polar surface area (TPSA) is 48.1 Å². The molecule has 0 saturated carbocycles. The van der Waals surface area contributed by atoms with E-state index in [9.17, 15) is 0 Å². The molecule has 0 radical (unpaired) electrons. The van der Waals surface area contributed by atoms with E-state index >= 15 is 0 Å². The van der Waals surface area contributed by atoms with E-state index in [-0.39, 0.29) is 6.04 Å². The van der Waals surface area contributed by atoms with Crippen LogP contribution in [0.4, 0.5) is 0 Å². The number of nitrogens with zero attached hydrogens (tertiary/aromatic N) is 1. The summed E-state index contributed by atoms with van der Waals surface area (Å²) < 4.78 is 5.21.